The Balaban J connectivity index is 2.07. The maximum Gasteiger partial charge on any atom is 0.389 e. The standard InChI is InChI=1S/C10H8ClF3N4S/c11-7-1-3-8(4-2-7)18-9(15-16-17-18)19-6-5-10(12,13)14/h1-4H,5-6H2. The summed E-state index contributed by atoms with van der Waals surface area (Å²) in [6, 6.07) is 6.69. The summed E-state index contributed by atoms with van der Waals surface area (Å²) >= 11 is 6.71. The molecule has 1 aromatic carbocycles. The first-order valence-corrected chi connectivity index (χ1v) is 6.56. The average Bonchev–Trinajstić information content (AvgIpc) is 2.77. The molecule has 9 heteroatoms. The van der Waals surface area contributed by atoms with Gasteiger partial charge < -0.3 is 0 Å². The van der Waals surface area contributed by atoms with Crippen molar-refractivity contribution < 1.29 is 13.2 Å². The predicted octanol–water partition coefficient (Wildman–Crippen LogP) is 3.36. The minimum absolute atomic E-state index is 0.128. The number of hydrogen-bond donors (Lipinski definition) is 0. The van der Waals surface area contributed by atoms with Crippen LogP contribution in [0.5, 0.6) is 0 Å². The van der Waals surface area contributed by atoms with Gasteiger partial charge in [0, 0.05) is 10.8 Å². The van der Waals surface area contributed by atoms with Gasteiger partial charge in [-0.3, -0.25) is 0 Å². The van der Waals surface area contributed by atoms with E-state index in [4.69, 9.17) is 11.6 Å². The highest BCUT2D eigenvalue weighted by Crippen LogP contribution is 2.26. The van der Waals surface area contributed by atoms with E-state index in [1.165, 1.54) is 4.68 Å². The molecular formula is C10H8ClF3N4S. The Morgan fingerprint density at radius 1 is 1.21 bits per heavy atom. The molecule has 0 fully saturated rings. The number of benzene rings is 1. The minimum atomic E-state index is -4.18. The van der Waals surface area contributed by atoms with Crippen LogP contribution in [-0.4, -0.2) is 32.1 Å². The predicted molar refractivity (Wildman–Crippen MR) is 65.6 cm³/mol. The molecule has 2 aromatic rings. The first-order valence-electron chi connectivity index (χ1n) is 5.19. The SMILES string of the molecule is FC(F)(F)CCSc1nnnn1-c1ccc(Cl)cc1. The lowest BCUT2D eigenvalue weighted by molar-refractivity contribution is -0.129. The van der Waals surface area contributed by atoms with Gasteiger partial charge in [-0.2, -0.15) is 17.9 Å². The van der Waals surface area contributed by atoms with Gasteiger partial charge in [-0.15, -0.1) is 5.10 Å². The lowest BCUT2D eigenvalue weighted by Crippen LogP contribution is -2.08. The van der Waals surface area contributed by atoms with Crippen molar-refractivity contribution in [1.29, 1.82) is 0 Å². The Hall–Kier alpha value is -1.28. The molecule has 0 atom stereocenters. The molecule has 0 saturated carbocycles. The third-order valence-corrected chi connectivity index (χ3v) is 3.30. The van der Waals surface area contributed by atoms with E-state index < -0.39 is 12.6 Å². The summed E-state index contributed by atoms with van der Waals surface area (Å²) in [5.74, 6) is -0.128. The van der Waals surface area contributed by atoms with Crippen molar-refractivity contribution in [3.8, 4) is 5.69 Å². The highest BCUT2D eigenvalue weighted by atomic mass is 35.5. The highest BCUT2D eigenvalue weighted by Gasteiger charge is 2.26. The fourth-order valence-corrected chi connectivity index (χ4v) is 2.27. The summed E-state index contributed by atoms with van der Waals surface area (Å²) in [6.45, 7) is 0. The topological polar surface area (TPSA) is 43.6 Å². The number of aromatic nitrogens is 4. The van der Waals surface area contributed by atoms with Gasteiger partial charge in [0.1, 0.15) is 0 Å². The summed E-state index contributed by atoms with van der Waals surface area (Å²) in [6.07, 6.45) is -5.06. The number of halogens is 4. The molecule has 0 bridgehead atoms. The molecule has 1 aromatic heterocycles. The van der Waals surface area contributed by atoms with Gasteiger partial charge in [0.25, 0.3) is 0 Å². The Labute approximate surface area is 115 Å². The molecule has 19 heavy (non-hydrogen) atoms. The fraction of sp³-hybridized carbons (Fsp3) is 0.300. The Bertz CT molecular complexity index is 540. The minimum Gasteiger partial charge on any atom is -0.188 e. The summed E-state index contributed by atoms with van der Waals surface area (Å²) < 4.78 is 37.6. The second-order valence-electron chi connectivity index (χ2n) is 3.56. The van der Waals surface area contributed by atoms with Gasteiger partial charge in [0.2, 0.25) is 5.16 Å². The molecule has 0 aliphatic carbocycles. The maximum absolute atomic E-state index is 12.1. The van der Waals surface area contributed by atoms with Crippen molar-refractivity contribution in [1.82, 2.24) is 20.2 Å². The summed E-state index contributed by atoms with van der Waals surface area (Å²) in [4.78, 5) is 0. The molecule has 102 valence electrons. The zero-order valence-electron chi connectivity index (χ0n) is 9.43. The van der Waals surface area contributed by atoms with Crippen LogP contribution >= 0.6 is 23.4 Å². The normalized spacial score (nSPS) is 11.8. The van der Waals surface area contributed by atoms with E-state index in [0.29, 0.717) is 15.9 Å². The molecule has 0 amide bonds. The lowest BCUT2D eigenvalue weighted by atomic mass is 10.3. The van der Waals surface area contributed by atoms with E-state index in [9.17, 15) is 13.2 Å². The van der Waals surface area contributed by atoms with Gasteiger partial charge >= 0.3 is 6.18 Å². The molecule has 0 spiro atoms. The molecular weight excluding hydrogens is 301 g/mol. The molecule has 4 nitrogen and oxygen atoms in total. The molecule has 0 aliphatic heterocycles. The van der Waals surface area contributed by atoms with Gasteiger partial charge in [-0.1, -0.05) is 23.4 Å². The van der Waals surface area contributed by atoms with E-state index in [0.717, 1.165) is 11.8 Å². The average molecular weight is 309 g/mol. The monoisotopic (exact) mass is 308 g/mol. The lowest BCUT2D eigenvalue weighted by Gasteiger charge is -2.06. The van der Waals surface area contributed by atoms with Crippen LogP contribution in [0, 0.1) is 0 Å². The largest absolute Gasteiger partial charge is 0.389 e. The molecule has 0 unspecified atom stereocenters. The van der Waals surface area contributed by atoms with E-state index in [2.05, 4.69) is 15.5 Å². The molecule has 0 aliphatic rings. The van der Waals surface area contributed by atoms with Crippen LogP contribution in [0.4, 0.5) is 13.2 Å². The smallest absolute Gasteiger partial charge is 0.188 e. The van der Waals surface area contributed by atoms with Crippen LogP contribution in [0.15, 0.2) is 29.4 Å². The van der Waals surface area contributed by atoms with Gasteiger partial charge in [-0.05, 0) is 34.7 Å². The van der Waals surface area contributed by atoms with Crippen LogP contribution in [0.1, 0.15) is 6.42 Å². The number of alkyl halides is 3. The molecule has 1 heterocycles. The number of nitrogens with zero attached hydrogens (tertiary/aromatic N) is 4. The Kier molecular flexibility index (Phi) is 4.31. The van der Waals surface area contributed by atoms with Crippen LogP contribution in [0.25, 0.3) is 5.69 Å². The van der Waals surface area contributed by atoms with Gasteiger partial charge in [-0.25, -0.2) is 0 Å². The zero-order valence-corrected chi connectivity index (χ0v) is 11.0. The maximum atomic E-state index is 12.1. The van der Waals surface area contributed by atoms with Crippen molar-refractivity contribution in [3.05, 3.63) is 29.3 Å². The zero-order chi connectivity index (χ0) is 13.9. The Morgan fingerprint density at radius 2 is 1.89 bits per heavy atom. The summed E-state index contributed by atoms with van der Waals surface area (Å²) in [5.41, 5.74) is 0.643. The van der Waals surface area contributed by atoms with E-state index >= 15 is 0 Å². The quantitative estimate of drug-likeness (QED) is 0.812. The first-order chi connectivity index (χ1) is 8.96. The molecule has 0 N–H and O–H groups in total. The van der Waals surface area contributed by atoms with Crippen molar-refractivity contribution in [2.45, 2.75) is 17.8 Å². The second-order valence-corrected chi connectivity index (χ2v) is 5.06. The van der Waals surface area contributed by atoms with E-state index in [1.807, 2.05) is 0 Å². The van der Waals surface area contributed by atoms with Crippen LogP contribution in [-0.2, 0) is 0 Å². The van der Waals surface area contributed by atoms with Crippen molar-refractivity contribution in [3.63, 3.8) is 0 Å². The third kappa shape index (κ3) is 4.10. The second kappa shape index (κ2) is 5.79. The molecule has 2 rings (SSSR count). The van der Waals surface area contributed by atoms with Crippen LogP contribution in [0.3, 0.4) is 0 Å². The fourth-order valence-electron chi connectivity index (χ4n) is 1.27. The van der Waals surface area contributed by atoms with Gasteiger partial charge in [0.15, 0.2) is 0 Å². The number of thioether (sulfide) groups is 1. The van der Waals surface area contributed by atoms with Crippen LogP contribution < -0.4 is 0 Å². The van der Waals surface area contributed by atoms with E-state index in [1.54, 1.807) is 24.3 Å². The Morgan fingerprint density at radius 3 is 2.53 bits per heavy atom. The summed E-state index contributed by atoms with van der Waals surface area (Å²) in [5, 5.41) is 11.8. The molecule has 0 radical (unpaired) electrons. The van der Waals surface area contributed by atoms with Gasteiger partial charge in [0.05, 0.1) is 12.1 Å². The first kappa shape index (κ1) is 14.1. The number of hydrogen-bond acceptors (Lipinski definition) is 4. The molecule has 0 saturated heterocycles. The highest BCUT2D eigenvalue weighted by molar-refractivity contribution is 7.99. The van der Waals surface area contributed by atoms with Crippen molar-refractivity contribution >= 4 is 23.4 Å². The van der Waals surface area contributed by atoms with E-state index in [-0.39, 0.29) is 5.75 Å². The third-order valence-electron chi connectivity index (χ3n) is 2.13. The van der Waals surface area contributed by atoms with Crippen LogP contribution in [0.2, 0.25) is 5.02 Å². The van der Waals surface area contributed by atoms with Crippen molar-refractivity contribution in [2.24, 2.45) is 0 Å². The summed E-state index contributed by atoms with van der Waals surface area (Å²) in [7, 11) is 0. The number of tetrazole rings is 1. The number of rotatable bonds is 4. The van der Waals surface area contributed by atoms with Crippen molar-refractivity contribution in [2.75, 3.05) is 5.75 Å².